The fourth-order valence-electron chi connectivity index (χ4n) is 1.33. The van der Waals surface area contributed by atoms with E-state index in [-0.39, 0.29) is 17.1 Å². The van der Waals surface area contributed by atoms with Gasteiger partial charge in [0.25, 0.3) is 10.0 Å². The monoisotopic (exact) mass is 340 g/mol. The number of hydrogen-bond acceptors (Lipinski definition) is 5. The zero-order valence-electron chi connectivity index (χ0n) is 10.4. The van der Waals surface area contributed by atoms with Crippen LogP contribution in [0.3, 0.4) is 0 Å². The van der Waals surface area contributed by atoms with Gasteiger partial charge in [0.1, 0.15) is 10.3 Å². The van der Waals surface area contributed by atoms with Gasteiger partial charge < -0.3 is 10.8 Å². The summed E-state index contributed by atoms with van der Waals surface area (Å²) in [5.74, 6) is -2.08. The molecule has 1 atom stereocenters. The minimum absolute atomic E-state index is 0.0784. The van der Waals surface area contributed by atoms with Crippen molar-refractivity contribution in [1.82, 2.24) is 4.72 Å². The normalized spacial score (nSPS) is 13.1. The van der Waals surface area contributed by atoms with E-state index in [1.165, 1.54) is 6.07 Å². The molecule has 1 heterocycles. The van der Waals surface area contributed by atoms with Crippen LogP contribution in [0.15, 0.2) is 10.3 Å². The Balaban J connectivity index is 2.91. The maximum Gasteiger partial charge on any atom is 0.321 e. The molecule has 20 heavy (non-hydrogen) atoms. The fraction of sp³-hybridized carbons (Fsp3) is 0.400. The lowest BCUT2D eigenvalue weighted by atomic mass is 10.2. The van der Waals surface area contributed by atoms with Crippen LogP contribution >= 0.6 is 22.9 Å². The highest BCUT2D eigenvalue weighted by Gasteiger charge is 2.27. The van der Waals surface area contributed by atoms with Crippen molar-refractivity contribution in [2.24, 2.45) is 5.73 Å². The maximum atomic E-state index is 12.0. The number of aliphatic carboxylic acids is 1. The third kappa shape index (κ3) is 4.44. The van der Waals surface area contributed by atoms with Crippen molar-refractivity contribution in [2.45, 2.75) is 30.0 Å². The van der Waals surface area contributed by atoms with Gasteiger partial charge in [-0.25, -0.2) is 8.42 Å². The first-order valence-electron chi connectivity index (χ1n) is 5.43. The van der Waals surface area contributed by atoms with Crippen molar-refractivity contribution >= 4 is 44.8 Å². The van der Waals surface area contributed by atoms with Crippen molar-refractivity contribution in [2.75, 3.05) is 0 Å². The van der Waals surface area contributed by atoms with Crippen molar-refractivity contribution in [3.05, 3.63) is 16.0 Å². The van der Waals surface area contributed by atoms with E-state index in [0.717, 1.165) is 11.3 Å². The number of aryl methyl sites for hydroxylation is 1. The van der Waals surface area contributed by atoms with Crippen LogP contribution in [0.2, 0.25) is 4.34 Å². The molecule has 0 radical (unpaired) electrons. The van der Waals surface area contributed by atoms with Gasteiger partial charge in [0.05, 0.1) is 4.34 Å². The Morgan fingerprint density at radius 1 is 1.55 bits per heavy atom. The van der Waals surface area contributed by atoms with E-state index in [9.17, 15) is 18.0 Å². The van der Waals surface area contributed by atoms with E-state index in [1.54, 1.807) is 6.92 Å². The number of sulfonamides is 1. The molecule has 0 saturated carbocycles. The molecule has 7 nitrogen and oxygen atoms in total. The van der Waals surface area contributed by atoms with Gasteiger partial charge in [-0.05, 0) is 25.0 Å². The number of amides is 1. The highest BCUT2D eigenvalue weighted by atomic mass is 35.5. The number of hydrogen-bond donors (Lipinski definition) is 3. The van der Waals surface area contributed by atoms with E-state index in [2.05, 4.69) is 0 Å². The fourth-order valence-corrected chi connectivity index (χ4v) is 4.28. The third-order valence-electron chi connectivity index (χ3n) is 2.37. The van der Waals surface area contributed by atoms with Crippen LogP contribution in [-0.4, -0.2) is 31.4 Å². The van der Waals surface area contributed by atoms with Gasteiger partial charge >= 0.3 is 5.97 Å². The summed E-state index contributed by atoms with van der Waals surface area (Å²) >= 11 is 6.62. The van der Waals surface area contributed by atoms with Crippen LogP contribution < -0.4 is 10.5 Å². The predicted molar refractivity (Wildman–Crippen MR) is 74.2 cm³/mol. The van der Waals surface area contributed by atoms with E-state index in [0.29, 0.717) is 9.90 Å². The Hall–Kier alpha value is -1.16. The Kier molecular flexibility index (Phi) is 5.51. The minimum Gasteiger partial charge on any atom is -0.480 e. The molecule has 1 aromatic heterocycles. The standard InChI is InChI=1S/C10H13ClN2O5S2/c1-5-4-8(19-9(5)11)20(17,18)13-6(10(15)16)2-3-7(12)14/h4,6,13H,2-3H2,1H3,(H2,12,14)(H,15,16)/t6-/m0/s1. The molecule has 0 fully saturated rings. The second-order valence-corrected chi connectivity index (χ2v) is 7.63. The van der Waals surface area contributed by atoms with E-state index >= 15 is 0 Å². The predicted octanol–water partition coefficient (Wildman–Crippen LogP) is 0.707. The highest BCUT2D eigenvalue weighted by molar-refractivity contribution is 7.91. The van der Waals surface area contributed by atoms with Gasteiger partial charge in [-0.3, -0.25) is 9.59 Å². The van der Waals surface area contributed by atoms with Crippen LogP contribution in [0, 0.1) is 6.92 Å². The Bertz CT molecular complexity index is 606. The van der Waals surface area contributed by atoms with Gasteiger partial charge in [-0.1, -0.05) is 11.6 Å². The number of carboxylic acid groups (broad SMARTS) is 1. The van der Waals surface area contributed by atoms with Crippen molar-refractivity contribution in [3.63, 3.8) is 0 Å². The van der Waals surface area contributed by atoms with Gasteiger partial charge in [0.15, 0.2) is 0 Å². The Labute approximate surface area is 124 Å². The number of carbonyl (C=O) groups is 2. The first kappa shape index (κ1) is 16.9. The Morgan fingerprint density at radius 3 is 2.55 bits per heavy atom. The summed E-state index contributed by atoms with van der Waals surface area (Å²) in [5.41, 5.74) is 5.50. The molecule has 10 heteroatoms. The summed E-state index contributed by atoms with van der Waals surface area (Å²) in [7, 11) is -4.00. The number of thiophene rings is 1. The lowest BCUT2D eigenvalue weighted by Gasteiger charge is -2.12. The summed E-state index contributed by atoms with van der Waals surface area (Å²) < 4.78 is 26.3. The van der Waals surface area contributed by atoms with Gasteiger partial charge in [0.2, 0.25) is 5.91 Å². The summed E-state index contributed by atoms with van der Waals surface area (Å²) in [4.78, 5) is 21.6. The second kappa shape index (κ2) is 6.53. The summed E-state index contributed by atoms with van der Waals surface area (Å²) in [5, 5.41) is 8.95. The zero-order valence-corrected chi connectivity index (χ0v) is 12.8. The Morgan fingerprint density at radius 2 is 2.15 bits per heavy atom. The first-order chi connectivity index (χ1) is 9.13. The lowest BCUT2D eigenvalue weighted by Crippen LogP contribution is -2.41. The smallest absolute Gasteiger partial charge is 0.321 e. The van der Waals surface area contributed by atoms with Crippen molar-refractivity contribution in [1.29, 1.82) is 0 Å². The van der Waals surface area contributed by atoms with E-state index < -0.39 is 27.9 Å². The topological polar surface area (TPSA) is 127 Å². The van der Waals surface area contributed by atoms with Gasteiger partial charge in [-0.2, -0.15) is 4.72 Å². The third-order valence-corrected chi connectivity index (χ3v) is 5.87. The molecule has 0 bridgehead atoms. The highest BCUT2D eigenvalue weighted by Crippen LogP contribution is 2.30. The molecule has 0 aliphatic rings. The van der Waals surface area contributed by atoms with Crippen LogP contribution in [0.5, 0.6) is 0 Å². The van der Waals surface area contributed by atoms with Crippen LogP contribution in [-0.2, 0) is 19.6 Å². The molecule has 1 aromatic rings. The SMILES string of the molecule is Cc1cc(S(=O)(=O)N[C@@H](CCC(N)=O)C(=O)O)sc1Cl. The number of primary amides is 1. The number of nitrogens with two attached hydrogens (primary N) is 1. The molecular weight excluding hydrogens is 328 g/mol. The molecule has 1 amide bonds. The molecule has 0 aromatic carbocycles. The molecule has 0 aliphatic heterocycles. The van der Waals surface area contributed by atoms with Crippen molar-refractivity contribution < 1.29 is 23.1 Å². The number of rotatable bonds is 7. The van der Waals surface area contributed by atoms with Crippen LogP contribution in [0.4, 0.5) is 0 Å². The lowest BCUT2D eigenvalue weighted by molar-refractivity contribution is -0.139. The molecule has 112 valence electrons. The maximum absolute atomic E-state index is 12.0. The molecule has 0 unspecified atom stereocenters. The number of halogens is 1. The average Bonchev–Trinajstić information content (AvgIpc) is 2.65. The molecule has 1 rings (SSSR count). The number of nitrogens with one attached hydrogen (secondary N) is 1. The quantitative estimate of drug-likeness (QED) is 0.673. The molecule has 0 saturated heterocycles. The van der Waals surface area contributed by atoms with Crippen LogP contribution in [0.25, 0.3) is 0 Å². The molecule has 0 spiro atoms. The van der Waals surface area contributed by atoms with Gasteiger partial charge in [0, 0.05) is 6.42 Å². The summed E-state index contributed by atoms with van der Waals surface area (Å²) in [6.45, 7) is 1.64. The van der Waals surface area contributed by atoms with E-state index in [4.69, 9.17) is 22.4 Å². The molecule has 4 N–H and O–H groups in total. The average molecular weight is 341 g/mol. The number of carboxylic acids is 1. The van der Waals surface area contributed by atoms with Crippen molar-refractivity contribution in [3.8, 4) is 0 Å². The van der Waals surface area contributed by atoms with Gasteiger partial charge in [-0.15, -0.1) is 11.3 Å². The summed E-state index contributed by atoms with van der Waals surface area (Å²) in [6.07, 6.45) is -0.453. The molecule has 0 aliphatic carbocycles. The first-order valence-corrected chi connectivity index (χ1v) is 8.10. The largest absolute Gasteiger partial charge is 0.480 e. The second-order valence-electron chi connectivity index (χ2n) is 4.04. The van der Waals surface area contributed by atoms with Crippen LogP contribution in [0.1, 0.15) is 18.4 Å². The molecular formula is C10H13ClN2O5S2. The number of carbonyl (C=O) groups excluding carboxylic acids is 1. The minimum atomic E-state index is -4.00. The zero-order chi connectivity index (χ0) is 15.5. The summed E-state index contributed by atoms with van der Waals surface area (Å²) in [6, 6.07) is -0.0730. The van der Waals surface area contributed by atoms with E-state index in [1.807, 2.05) is 4.72 Å².